The third-order valence-corrected chi connectivity index (χ3v) is 3.88. The summed E-state index contributed by atoms with van der Waals surface area (Å²) in [5.41, 5.74) is 2.93. The van der Waals surface area contributed by atoms with Crippen molar-refractivity contribution >= 4 is 40.1 Å². The average molecular weight is 345 g/mol. The number of halogens is 1. The molecule has 0 spiro atoms. The standard InChI is InChI=1S/C17H21ClN6/c1-17(2,3)22-16-20-12-10-11(6-7-13(12)24(16)5)23(4)14-8-9-19-15(18)21-14/h6-10H,1-5H3,(H,20,22). The zero-order chi connectivity index (χ0) is 17.5. The Balaban J connectivity index is 1.99. The number of hydrogen-bond donors (Lipinski definition) is 1. The van der Waals surface area contributed by atoms with Gasteiger partial charge in [0.1, 0.15) is 5.82 Å². The molecule has 0 bridgehead atoms. The number of rotatable bonds is 3. The van der Waals surface area contributed by atoms with Crippen LogP contribution in [0.1, 0.15) is 20.8 Å². The van der Waals surface area contributed by atoms with E-state index in [0.29, 0.717) is 0 Å². The second-order valence-corrected chi connectivity index (χ2v) is 7.12. The highest BCUT2D eigenvalue weighted by Crippen LogP contribution is 2.28. The van der Waals surface area contributed by atoms with Crippen molar-refractivity contribution < 1.29 is 0 Å². The summed E-state index contributed by atoms with van der Waals surface area (Å²) in [6.45, 7) is 6.35. The first kappa shape index (κ1) is 16.5. The second-order valence-electron chi connectivity index (χ2n) is 6.79. The molecule has 126 valence electrons. The molecule has 2 heterocycles. The molecule has 0 radical (unpaired) electrons. The lowest BCUT2D eigenvalue weighted by atomic mass is 10.1. The lowest BCUT2D eigenvalue weighted by Gasteiger charge is -2.21. The summed E-state index contributed by atoms with van der Waals surface area (Å²) < 4.78 is 2.06. The molecule has 0 aliphatic rings. The minimum atomic E-state index is -0.0491. The van der Waals surface area contributed by atoms with Gasteiger partial charge in [-0.05, 0) is 56.6 Å². The summed E-state index contributed by atoms with van der Waals surface area (Å²) >= 11 is 5.88. The predicted molar refractivity (Wildman–Crippen MR) is 99.2 cm³/mol. The Morgan fingerprint density at radius 1 is 1.17 bits per heavy atom. The third-order valence-electron chi connectivity index (χ3n) is 3.69. The smallest absolute Gasteiger partial charge is 0.224 e. The monoisotopic (exact) mass is 344 g/mol. The van der Waals surface area contributed by atoms with E-state index in [9.17, 15) is 0 Å². The molecular weight excluding hydrogens is 324 g/mol. The molecule has 0 atom stereocenters. The van der Waals surface area contributed by atoms with Crippen LogP contribution < -0.4 is 10.2 Å². The first-order valence-corrected chi connectivity index (χ1v) is 8.09. The highest BCUT2D eigenvalue weighted by Gasteiger charge is 2.16. The van der Waals surface area contributed by atoms with Crippen molar-refractivity contribution in [2.24, 2.45) is 7.05 Å². The highest BCUT2D eigenvalue weighted by atomic mass is 35.5. The van der Waals surface area contributed by atoms with Gasteiger partial charge in [0.25, 0.3) is 0 Å². The van der Waals surface area contributed by atoms with E-state index in [1.54, 1.807) is 6.20 Å². The van der Waals surface area contributed by atoms with Gasteiger partial charge in [0, 0.05) is 31.5 Å². The number of aromatic nitrogens is 4. The number of imidazole rings is 1. The molecule has 0 amide bonds. The van der Waals surface area contributed by atoms with E-state index in [0.717, 1.165) is 28.5 Å². The van der Waals surface area contributed by atoms with E-state index < -0.39 is 0 Å². The maximum Gasteiger partial charge on any atom is 0.224 e. The summed E-state index contributed by atoms with van der Waals surface area (Å²) in [4.78, 5) is 14.8. The maximum atomic E-state index is 5.88. The molecule has 0 saturated heterocycles. The van der Waals surface area contributed by atoms with Crippen LogP contribution in [-0.2, 0) is 7.05 Å². The SMILES string of the molecule is CN(c1ccc2c(c1)nc(NC(C)(C)C)n2C)c1ccnc(Cl)n1. The van der Waals surface area contributed by atoms with Crippen LogP contribution in [0.25, 0.3) is 11.0 Å². The number of nitrogens with one attached hydrogen (secondary N) is 1. The molecule has 1 aromatic carbocycles. The first-order valence-electron chi connectivity index (χ1n) is 7.71. The van der Waals surface area contributed by atoms with Gasteiger partial charge in [-0.2, -0.15) is 0 Å². The van der Waals surface area contributed by atoms with Gasteiger partial charge < -0.3 is 14.8 Å². The molecule has 3 aromatic rings. The Hall–Kier alpha value is -2.34. The molecule has 0 aliphatic carbocycles. The van der Waals surface area contributed by atoms with Crippen molar-refractivity contribution in [2.45, 2.75) is 26.3 Å². The fraction of sp³-hybridized carbons (Fsp3) is 0.353. The number of hydrogen-bond acceptors (Lipinski definition) is 5. The summed E-state index contributed by atoms with van der Waals surface area (Å²) in [7, 11) is 3.95. The minimum Gasteiger partial charge on any atom is -0.351 e. The Morgan fingerprint density at radius 3 is 2.58 bits per heavy atom. The molecule has 0 aliphatic heterocycles. The minimum absolute atomic E-state index is 0.0491. The lowest BCUT2D eigenvalue weighted by Crippen LogP contribution is -2.27. The molecule has 6 nitrogen and oxygen atoms in total. The summed E-state index contributed by atoms with van der Waals surface area (Å²) in [6, 6.07) is 7.96. The van der Waals surface area contributed by atoms with Crippen LogP contribution in [0.5, 0.6) is 0 Å². The Kier molecular flexibility index (Phi) is 4.09. The number of anilines is 3. The van der Waals surface area contributed by atoms with Gasteiger partial charge in [0.2, 0.25) is 11.2 Å². The second kappa shape index (κ2) is 5.94. The van der Waals surface area contributed by atoms with E-state index in [-0.39, 0.29) is 10.8 Å². The largest absolute Gasteiger partial charge is 0.351 e. The van der Waals surface area contributed by atoms with Gasteiger partial charge >= 0.3 is 0 Å². The molecule has 24 heavy (non-hydrogen) atoms. The van der Waals surface area contributed by atoms with E-state index in [1.165, 1.54) is 0 Å². The Morgan fingerprint density at radius 2 is 1.92 bits per heavy atom. The fourth-order valence-corrected chi connectivity index (χ4v) is 2.63. The van der Waals surface area contributed by atoms with Crippen molar-refractivity contribution in [1.29, 1.82) is 0 Å². The predicted octanol–water partition coefficient (Wildman–Crippen LogP) is 4.00. The summed E-state index contributed by atoms with van der Waals surface area (Å²) in [6.07, 6.45) is 1.64. The van der Waals surface area contributed by atoms with Crippen LogP contribution in [0, 0.1) is 0 Å². The van der Waals surface area contributed by atoms with Crippen molar-refractivity contribution in [3.8, 4) is 0 Å². The van der Waals surface area contributed by atoms with Crippen LogP contribution in [0.3, 0.4) is 0 Å². The zero-order valence-corrected chi connectivity index (χ0v) is 15.3. The molecular formula is C17H21ClN6. The van der Waals surface area contributed by atoms with Crippen molar-refractivity contribution in [2.75, 3.05) is 17.3 Å². The van der Waals surface area contributed by atoms with E-state index in [1.807, 2.05) is 37.2 Å². The number of fused-ring (bicyclic) bond motifs is 1. The summed E-state index contributed by atoms with van der Waals surface area (Å²) in [5.74, 6) is 1.58. The molecule has 0 saturated carbocycles. The van der Waals surface area contributed by atoms with E-state index >= 15 is 0 Å². The third kappa shape index (κ3) is 3.28. The van der Waals surface area contributed by atoms with Gasteiger partial charge in [-0.1, -0.05) is 0 Å². The Labute approximate surface area is 146 Å². The summed E-state index contributed by atoms with van der Waals surface area (Å²) in [5, 5.41) is 3.66. The maximum absolute atomic E-state index is 5.88. The number of aryl methyl sites for hydroxylation is 1. The molecule has 1 N–H and O–H groups in total. The molecule has 0 unspecified atom stereocenters. The van der Waals surface area contributed by atoms with Crippen molar-refractivity contribution in [3.05, 3.63) is 35.7 Å². The van der Waals surface area contributed by atoms with Gasteiger partial charge in [0.05, 0.1) is 11.0 Å². The van der Waals surface area contributed by atoms with Gasteiger partial charge in [0.15, 0.2) is 0 Å². The van der Waals surface area contributed by atoms with Gasteiger partial charge in [-0.15, -0.1) is 0 Å². The number of benzene rings is 1. The van der Waals surface area contributed by atoms with Crippen LogP contribution in [-0.4, -0.2) is 32.1 Å². The molecule has 7 heteroatoms. The van der Waals surface area contributed by atoms with E-state index in [4.69, 9.17) is 16.6 Å². The van der Waals surface area contributed by atoms with Gasteiger partial charge in [-0.3, -0.25) is 0 Å². The van der Waals surface area contributed by atoms with Crippen LogP contribution in [0.2, 0.25) is 5.28 Å². The molecule has 0 fully saturated rings. The molecule has 2 aromatic heterocycles. The quantitative estimate of drug-likeness (QED) is 0.728. The van der Waals surface area contributed by atoms with Crippen LogP contribution >= 0.6 is 11.6 Å². The zero-order valence-electron chi connectivity index (χ0n) is 14.5. The normalized spacial score (nSPS) is 11.8. The average Bonchev–Trinajstić information content (AvgIpc) is 2.80. The van der Waals surface area contributed by atoms with E-state index in [2.05, 4.69) is 46.7 Å². The fourth-order valence-electron chi connectivity index (χ4n) is 2.49. The van der Waals surface area contributed by atoms with Gasteiger partial charge in [-0.25, -0.2) is 15.0 Å². The van der Waals surface area contributed by atoms with Crippen LogP contribution in [0.4, 0.5) is 17.5 Å². The highest BCUT2D eigenvalue weighted by molar-refractivity contribution is 6.28. The van der Waals surface area contributed by atoms with Crippen molar-refractivity contribution in [3.63, 3.8) is 0 Å². The topological polar surface area (TPSA) is 58.9 Å². The lowest BCUT2D eigenvalue weighted by molar-refractivity contribution is 0.621. The Bertz CT molecular complexity index is 880. The molecule has 3 rings (SSSR count). The van der Waals surface area contributed by atoms with Crippen molar-refractivity contribution in [1.82, 2.24) is 19.5 Å². The number of nitrogens with zero attached hydrogens (tertiary/aromatic N) is 5. The first-order chi connectivity index (χ1) is 11.2. The van der Waals surface area contributed by atoms with Crippen LogP contribution in [0.15, 0.2) is 30.5 Å².